The third kappa shape index (κ3) is 4.34. The van der Waals surface area contributed by atoms with Crippen LogP contribution in [0, 0.1) is 0 Å². The number of nitrogens with zero attached hydrogens (tertiary/aromatic N) is 3. The van der Waals surface area contributed by atoms with Crippen LogP contribution in [0.15, 0.2) is 33.9 Å². The molecular formula is C18H23N3O3S. The van der Waals surface area contributed by atoms with E-state index in [1.807, 2.05) is 36.1 Å². The molecule has 7 heteroatoms. The van der Waals surface area contributed by atoms with Crippen molar-refractivity contribution in [3.63, 3.8) is 0 Å². The van der Waals surface area contributed by atoms with E-state index in [4.69, 9.17) is 9.15 Å². The zero-order valence-corrected chi connectivity index (χ0v) is 15.4. The average Bonchev–Trinajstić information content (AvgIpc) is 3.33. The van der Waals surface area contributed by atoms with Crippen molar-refractivity contribution in [2.75, 3.05) is 19.4 Å². The maximum Gasteiger partial charge on any atom is 0.277 e. The van der Waals surface area contributed by atoms with Crippen LogP contribution in [0.5, 0.6) is 5.75 Å². The van der Waals surface area contributed by atoms with Crippen LogP contribution in [0.1, 0.15) is 32.6 Å². The molecule has 2 aromatic rings. The maximum atomic E-state index is 12.5. The first-order valence-electron chi connectivity index (χ1n) is 8.61. The first kappa shape index (κ1) is 17.8. The van der Waals surface area contributed by atoms with E-state index in [2.05, 4.69) is 10.2 Å². The van der Waals surface area contributed by atoms with Gasteiger partial charge in [0.15, 0.2) is 0 Å². The van der Waals surface area contributed by atoms with Crippen LogP contribution in [0.4, 0.5) is 0 Å². The smallest absolute Gasteiger partial charge is 0.277 e. The number of carbonyl (C=O) groups is 1. The summed E-state index contributed by atoms with van der Waals surface area (Å²) < 4.78 is 10.8. The number of methoxy groups -OCH3 is 1. The minimum absolute atomic E-state index is 0.142. The quantitative estimate of drug-likeness (QED) is 0.702. The number of benzene rings is 1. The average molecular weight is 361 g/mol. The number of hydrogen-bond acceptors (Lipinski definition) is 6. The van der Waals surface area contributed by atoms with Crippen LogP contribution >= 0.6 is 11.8 Å². The van der Waals surface area contributed by atoms with Gasteiger partial charge in [-0.25, -0.2) is 0 Å². The number of hydrogen-bond donors (Lipinski definition) is 0. The lowest BCUT2D eigenvalue weighted by Crippen LogP contribution is -2.39. The van der Waals surface area contributed by atoms with Crippen molar-refractivity contribution < 1.29 is 13.9 Å². The van der Waals surface area contributed by atoms with Gasteiger partial charge in [0, 0.05) is 18.2 Å². The van der Waals surface area contributed by atoms with Gasteiger partial charge in [-0.1, -0.05) is 24.6 Å². The van der Waals surface area contributed by atoms with Crippen LogP contribution in [-0.4, -0.2) is 46.5 Å². The van der Waals surface area contributed by atoms with Crippen molar-refractivity contribution in [2.45, 2.75) is 43.9 Å². The van der Waals surface area contributed by atoms with Gasteiger partial charge in [-0.3, -0.25) is 4.79 Å². The Hall–Kier alpha value is -2.02. The molecule has 0 aliphatic heterocycles. The number of aromatic nitrogens is 2. The molecule has 1 aliphatic carbocycles. The highest BCUT2D eigenvalue weighted by Crippen LogP contribution is 2.27. The molecule has 1 fully saturated rings. The van der Waals surface area contributed by atoms with Gasteiger partial charge in [0.25, 0.3) is 5.22 Å². The first-order valence-corrected chi connectivity index (χ1v) is 9.60. The zero-order valence-electron chi connectivity index (χ0n) is 14.6. The summed E-state index contributed by atoms with van der Waals surface area (Å²) in [6.07, 6.45) is 4.67. The van der Waals surface area contributed by atoms with E-state index >= 15 is 0 Å². The van der Waals surface area contributed by atoms with E-state index in [9.17, 15) is 4.79 Å². The van der Waals surface area contributed by atoms with Crippen LogP contribution in [0.2, 0.25) is 0 Å². The SMILES string of the molecule is CCN(C(=O)CSc1nnc(-c2ccc(OC)cc2)o1)C1CCCC1. The van der Waals surface area contributed by atoms with Gasteiger partial charge in [0.2, 0.25) is 11.8 Å². The monoisotopic (exact) mass is 361 g/mol. The first-order chi connectivity index (χ1) is 12.2. The van der Waals surface area contributed by atoms with Crippen molar-refractivity contribution in [3.05, 3.63) is 24.3 Å². The van der Waals surface area contributed by atoms with Crippen LogP contribution in [0.3, 0.4) is 0 Å². The van der Waals surface area contributed by atoms with Gasteiger partial charge in [-0.2, -0.15) is 0 Å². The third-order valence-corrected chi connectivity index (χ3v) is 5.29. The van der Waals surface area contributed by atoms with Crippen molar-refractivity contribution in [3.8, 4) is 17.2 Å². The molecule has 0 unspecified atom stereocenters. The lowest BCUT2D eigenvalue weighted by Gasteiger charge is -2.27. The Kier molecular flexibility index (Phi) is 5.96. The molecule has 0 radical (unpaired) electrons. The molecule has 1 aliphatic rings. The summed E-state index contributed by atoms with van der Waals surface area (Å²) in [6, 6.07) is 7.82. The highest BCUT2D eigenvalue weighted by molar-refractivity contribution is 7.99. The predicted molar refractivity (Wildman–Crippen MR) is 96.7 cm³/mol. The molecule has 1 saturated carbocycles. The van der Waals surface area contributed by atoms with Crippen molar-refractivity contribution >= 4 is 17.7 Å². The molecule has 1 aromatic heterocycles. The summed E-state index contributed by atoms with van der Waals surface area (Å²) in [7, 11) is 1.62. The molecule has 0 spiro atoms. The van der Waals surface area contributed by atoms with E-state index in [1.54, 1.807) is 7.11 Å². The maximum absolute atomic E-state index is 12.5. The molecule has 1 heterocycles. The Balaban J connectivity index is 1.58. The van der Waals surface area contributed by atoms with Crippen molar-refractivity contribution in [1.29, 1.82) is 0 Å². The zero-order chi connectivity index (χ0) is 17.6. The van der Waals surface area contributed by atoms with Crippen molar-refractivity contribution in [1.82, 2.24) is 15.1 Å². The topological polar surface area (TPSA) is 68.5 Å². The molecule has 25 heavy (non-hydrogen) atoms. The minimum Gasteiger partial charge on any atom is -0.497 e. The van der Waals surface area contributed by atoms with E-state index in [-0.39, 0.29) is 5.91 Å². The number of amides is 1. The molecule has 0 bridgehead atoms. The summed E-state index contributed by atoms with van der Waals surface area (Å²) in [5.41, 5.74) is 0.826. The highest BCUT2D eigenvalue weighted by Gasteiger charge is 2.25. The second-order valence-corrected chi connectivity index (χ2v) is 6.93. The van der Waals surface area contributed by atoms with Gasteiger partial charge >= 0.3 is 0 Å². The molecule has 0 N–H and O–H groups in total. The Morgan fingerprint density at radius 1 is 1.28 bits per heavy atom. The van der Waals surface area contributed by atoms with E-state index < -0.39 is 0 Å². The number of ether oxygens (including phenoxy) is 1. The molecule has 1 aromatic carbocycles. The lowest BCUT2D eigenvalue weighted by atomic mass is 10.2. The largest absolute Gasteiger partial charge is 0.497 e. The van der Waals surface area contributed by atoms with Crippen LogP contribution in [0.25, 0.3) is 11.5 Å². The van der Waals surface area contributed by atoms with E-state index in [0.29, 0.717) is 22.9 Å². The summed E-state index contributed by atoms with van der Waals surface area (Å²) in [5.74, 6) is 1.69. The van der Waals surface area contributed by atoms with Gasteiger partial charge in [-0.15, -0.1) is 10.2 Å². The molecular weight excluding hydrogens is 338 g/mol. The van der Waals surface area contributed by atoms with Gasteiger partial charge in [0.1, 0.15) is 5.75 Å². The fourth-order valence-electron chi connectivity index (χ4n) is 3.18. The number of rotatable bonds is 7. The predicted octanol–water partition coefficient (Wildman–Crippen LogP) is 3.63. The lowest BCUT2D eigenvalue weighted by molar-refractivity contribution is -0.130. The second kappa shape index (κ2) is 8.38. The van der Waals surface area contributed by atoms with Gasteiger partial charge < -0.3 is 14.1 Å². The molecule has 1 amide bonds. The Labute approximate surface area is 151 Å². The Morgan fingerprint density at radius 3 is 2.64 bits per heavy atom. The molecule has 6 nitrogen and oxygen atoms in total. The summed E-state index contributed by atoms with van der Waals surface area (Å²) in [5, 5.41) is 8.51. The fourth-order valence-corrected chi connectivity index (χ4v) is 3.83. The van der Waals surface area contributed by atoms with E-state index in [1.165, 1.54) is 24.6 Å². The fraction of sp³-hybridized carbons (Fsp3) is 0.500. The van der Waals surface area contributed by atoms with Gasteiger partial charge in [0.05, 0.1) is 12.9 Å². The van der Waals surface area contributed by atoms with Crippen LogP contribution < -0.4 is 4.74 Å². The van der Waals surface area contributed by atoms with Gasteiger partial charge in [-0.05, 0) is 44.0 Å². The number of thioether (sulfide) groups is 1. The van der Waals surface area contributed by atoms with Crippen LogP contribution in [-0.2, 0) is 4.79 Å². The highest BCUT2D eigenvalue weighted by atomic mass is 32.2. The molecule has 0 saturated heterocycles. The Morgan fingerprint density at radius 2 is 2.00 bits per heavy atom. The normalized spacial score (nSPS) is 14.6. The molecule has 134 valence electrons. The number of carbonyl (C=O) groups excluding carboxylic acids is 1. The molecule has 0 atom stereocenters. The second-order valence-electron chi connectivity index (χ2n) is 6.01. The summed E-state index contributed by atoms with van der Waals surface area (Å²) in [6.45, 7) is 2.79. The van der Waals surface area contributed by atoms with E-state index in [0.717, 1.165) is 30.7 Å². The summed E-state index contributed by atoms with van der Waals surface area (Å²) in [4.78, 5) is 14.5. The third-order valence-electron chi connectivity index (χ3n) is 4.49. The summed E-state index contributed by atoms with van der Waals surface area (Å²) >= 11 is 1.30. The minimum atomic E-state index is 0.142. The Bertz CT molecular complexity index is 696. The van der Waals surface area contributed by atoms with Crippen molar-refractivity contribution in [2.24, 2.45) is 0 Å². The molecule has 3 rings (SSSR count). The standard InChI is InChI=1S/C18H23N3O3S/c1-3-21(14-6-4-5-7-14)16(22)12-25-18-20-19-17(24-18)13-8-10-15(23-2)11-9-13/h8-11,14H,3-7,12H2,1-2H3.